The van der Waals surface area contributed by atoms with E-state index in [1.807, 2.05) is 6.92 Å². The van der Waals surface area contributed by atoms with Crippen molar-refractivity contribution in [2.45, 2.75) is 32.0 Å². The van der Waals surface area contributed by atoms with E-state index < -0.39 is 11.7 Å². The van der Waals surface area contributed by atoms with Crippen molar-refractivity contribution in [2.75, 3.05) is 0 Å². The Labute approximate surface area is 97.4 Å². The first-order chi connectivity index (χ1) is 7.36. The van der Waals surface area contributed by atoms with Crippen molar-refractivity contribution in [3.63, 3.8) is 0 Å². The van der Waals surface area contributed by atoms with E-state index >= 15 is 0 Å². The van der Waals surface area contributed by atoms with Crippen molar-refractivity contribution < 1.29 is 13.2 Å². The van der Waals surface area contributed by atoms with E-state index in [-0.39, 0.29) is 11.1 Å². The van der Waals surface area contributed by atoms with Gasteiger partial charge in [-0.25, -0.2) is 0 Å². The fourth-order valence-corrected chi connectivity index (χ4v) is 1.77. The molecule has 0 aliphatic carbocycles. The Balaban J connectivity index is 3.00. The lowest BCUT2D eigenvalue weighted by Gasteiger charge is -2.14. The SMILES string of the molecule is CCC[C@@H](N)c1ccc(C(F)(F)F)c(Cl)c1. The van der Waals surface area contributed by atoms with E-state index in [1.54, 1.807) is 0 Å². The summed E-state index contributed by atoms with van der Waals surface area (Å²) in [7, 11) is 0. The first kappa shape index (κ1) is 13.3. The minimum atomic E-state index is -4.41. The van der Waals surface area contributed by atoms with Crippen LogP contribution in [0.1, 0.15) is 36.9 Å². The van der Waals surface area contributed by atoms with Gasteiger partial charge in [0.2, 0.25) is 0 Å². The molecule has 1 rings (SSSR count). The van der Waals surface area contributed by atoms with Gasteiger partial charge < -0.3 is 5.73 Å². The number of hydrogen-bond donors (Lipinski definition) is 1. The van der Waals surface area contributed by atoms with Crippen LogP contribution in [0.2, 0.25) is 5.02 Å². The first-order valence-electron chi connectivity index (χ1n) is 4.98. The van der Waals surface area contributed by atoms with Crippen LogP contribution < -0.4 is 5.73 Å². The number of halogens is 4. The minimum absolute atomic E-state index is 0.259. The molecule has 0 bridgehead atoms. The van der Waals surface area contributed by atoms with Crippen LogP contribution >= 0.6 is 11.6 Å². The zero-order chi connectivity index (χ0) is 12.3. The van der Waals surface area contributed by atoms with Gasteiger partial charge in [0, 0.05) is 6.04 Å². The van der Waals surface area contributed by atoms with Crippen molar-refractivity contribution in [3.05, 3.63) is 34.3 Å². The molecule has 1 aromatic carbocycles. The van der Waals surface area contributed by atoms with Crippen LogP contribution in [0.25, 0.3) is 0 Å². The van der Waals surface area contributed by atoms with Crippen LogP contribution in [0.4, 0.5) is 13.2 Å². The summed E-state index contributed by atoms with van der Waals surface area (Å²) in [5.74, 6) is 0. The van der Waals surface area contributed by atoms with Crippen LogP contribution in [0, 0.1) is 0 Å². The summed E-state index contributed by atoms with van der Waals surface area (Å²) in [6.07, 6.45) is -2.81. The Morgan fingerprint density at radius 1 is 1.38 bits per heavy atom. The van der Waals surface area contributed by atoms with Crippen LogP contribution in [0.5, 0.6) is 0 Å². The summed E-state index contributed by atoms with van der Waals surface area (Å²) in [6, 6.07) is 3.40. The lowest BCUT2D eigenvalue weighted by molar-refractivity contribution is -0.137. The number of alkyl halides is 3. The number of rotatable bonds is 3. The molecule has 0 aliphatic heterocycles. The molecule has 16 heavy (non-hydrogen) atoms. The molecule has 0 aliphatic rings. The highest BCUT2D eigenvalue weighted by atomic mass is 35.5. The van der Waals surface area contributed by atoms with Gasteiger partial charge in [-0.15, -0.1) is 0 Å². The summed E-state index contributed by atoms with van der Waals surface area (Å²) < 4.78 is 37.2. The molecular weight excluding hydrogens is 239 g/mol. The van der Waals surface area contributed by atoms with Crippen molar-refractivity contribution >= 4 is 11.6 Å². The maximum absolute atomic E-state index is 12.4. The van der Waals surface area contributed by atoms with E-state index in [9.17, 15) is 13.2 Å². The lowest BCUT2D eigenvalue weighted by atomic mass is 10.0. The Hall–Kier alpha value is -0.740. The Kier molecular flexibility index (Phi) is 4.21. The topological polar surface area (TPSA) is 26.0 Å². The molecule has 0 saturated heterocycles. The monoisotopic (exact) mass is 251 g/mol. The van der Waals surface area contributed by atoms with Gasteiger partial charge in [0.15, 0.2) is 0 Å². The number of nitrogens with two attached hydrogens (primary N) is 1. The molecule has 1 atom stereocenters. The fourth-order valence-electron chi connectivity index (χ4n) is 1.47. The highest BCUT2D eigenvalue weighted by Gasteiger charge is 2.33. The van der Waals surface area contributed by atoms with E-state index in [0.29, 0.717) is 5.56 Å². The largest absolute Gasteiger partial charge is 0.417 e. The van der Waals surface area contributed by atoms with Gasteiger partial charge >= 0.3 is 6.18 Å². The quantitative estimate of drug-likeness (QED) is 0.858. The number of hydrogen-bond acceptors (Lipinski definition) is 1. The predicted molar refractivity (Wildman–Crippen MR) is 58.3 cm³/mol. The number of benzene rings is 1. The second-order valence-electron chi connectivity index (χ2n) is 3.63. The molecule has 0 spiro atoms. The summed E-state index contributed by atoms with van der Waals surface area (Å²) >= 11 is 5.58. The van der Waals surface area contributed by atoms with Gasteiger partial charge in [0.1, 0.15) is 0 Å². The van der Waals surface area contributed by atoms with Gasteiger partial charge in [-0.3, -0.25) is 0 Å². The molecule has 0 radical (unpaired) electrons. The molecule has 0 unspecified atom stereocenters. The highest BCUT2D eigenvalue weighted by molar-refractivity contribution is 6.31. The molecule has 5 heteroatoms. The van der Waals surface area contributed by atoms with Crippen molar-refractivity contribution in [3.8, 4) is 0 Å². The van der Waals surface area contributed by atoms with Crippen LogP contribution in [0.3, 0.4) is 0 Å². The van der Waals surface area contributed by atoms with Gasteiger partial charge in [-0.05, 0) is 24.1 Å². The van der Waals surface area contributed by atoms with E-state index in [1.165, 1.54) is 12.1 Å². The third kappa shape index (κ3) is 3.12. The standard InChI is InChI=1S/C11H13ClF3N/c1-2-3-10(16)7-4-5-8(9(12)6-7)11(13,14)15/h4-6,10H,2-3,16H2,1H3/t10-/m1/s1. The Bertz CT molecular complexity index is 363. The van der Waals surface area contributed by atoms with E-state index in [0.717, 1.165) is 18.9 Å². The molecule has 90 valence electrons. The third-order valence-electron chi connectivity index (χ3n) is 2.33. The zero-order valence-electron chi connectivity index (χ0n) is 8.81. The molecule has 0 fully saturated rings. The molecule has 2 N–H and O–H groups in total. The van der Waals surface area contributed by atoms with E-state index in [2.05, 4.69) is 0 Å². The minimum Gasteiger partial charge on any atom is -0.324 e. The second-order valence-corrected chi connectivity index (χ2v) is 4.04. The Morgan fingerprint density at radius 2 is 2.00 bits per heavy atom. The highest BCUT2D eigenvalue weighted by Crippen LogP contribution is 2.35. The second kappa shape index (κ2) is 5.06. The maximum atomic E-state index is 12.4. The van der Waals surface area contributed by atoms with Crippen molar-refractivity contribution in [1.29, 1.82) is 0 Å². The smallest absolute Gasteiger partial charge is 0.324 e. The Morgan fingerprint density at radius 3 is 2.44 bits per heavy atom. The van der Waals surface area contributed by atoms with Crippen molar-refractivity contribution in [1.82, 2.24) is 0 Å². The van der Waals surface area contributed by atoms with Gasteiger partial charge in [0.25, 0.3) is 0 Å². The third-order valence-corrected chi connectivity index (χ3v) is 2.64. The average Bonchev–Trinajstić information content (AvgIpc) is 2.16. The summed E-state index contributed by atoms with van der Waals surface area (Å²) in [5, 5.41) is -0.295. The first-order valence-corrected chi connectivity index (χ1v) is 5.36. The van der Waals surface area contributed by atoms with E-state index in [4.69, 9.17) is 17.3 Å². The van der Waals surface area contributed by atoms with Gasteiger partial charge in [-0.1, -0.05) is 31.0 Å². The molecule has 0 saturated carbocycles. The summed E-state index contributed by atoms with van der Waals surface area (Å²) in [6.45, 7) is 1.96. The van der Waals surface area contributed by atoms with Crippen LogP contribution in [-0.4, -0.2) is 0 Å². The van der Waals surface area contributed by atoms with Gasteiger partial charge in [-0.2, -0.15) is 13.2 Å². The summed E-state index contributed by atoms with van der Waals surface area (Å²) in [5.41, 5.74) is 5.61. The fraction of sp³-hybridized carbons (Fsp3) is 0.455. The van der Waals surface area contributed by atoms with Crippen molar-refractivity contribution in [2.24, 2.45) is 5.73 Å². The molecular formula is C11H13ClF3N. The summed E-state index contributed by atoms with van der Waals surface area (Å²) in [4.78, 5) is 0. The molecule has 0 amide bonds. The maximum Gasteiger partial charge on any atom is 0.417 e. The van der Waals surface area contributed by atoms with Gasteiger partial charge in [0.05, 0.1) is 10.6 Å². The molecule has 1 aromatic rings. The zero-order valence-corrected chi connectivity index (χ0v) is 9.57. The van der Waals surface area contributed by atoms with Crippen LogP contribution in [0.15, 0.2) is 18.2 Å². The molecule has 1 nitrogen and oxygen atoms in total. The predicted octanol–water partition coefficient (Wildman–Crippen LogP) is 4.16. The molecule has 0 heterocycles. The lowest BCUT2D eigenvalue weighted by Crippen LogP contribution is -2.11. The van der Waals surface area contributed by atoms with Crippen LogP contribution in [-0.2, 0) is 6.18 Å². The normalized spacial score (nSPS) is 13.9. The average molecular weight is 252 g/mol. The molecule has 0 aromatic heterocycles.